The topological polar surface area (TPSA) is 42.1 Å². The van der Waals surface area contributed by atoms with Crippen molar-refractivity contribution in [2.45, 2.75) is 6.29 Å². The highest BCUT2D eigenvalue weighted by molar-refractivity contribution is 6.25. The van der Waals surface area contributed by atoms with Gasteiger partial charge in [0.25, 0.3) is 6.29 Å². The van der Waals surface area contributed by atoms with Gasteiger partial charge in [0.05, 0.1) is 28.3 Å². The molecule has 0 bridgehead atoms. The van der Waals surface area contributed by atoms with Crippen LogP contribution in [0.3, 0.4) is 0 Å². The normalized spacial score (nSPS) is 15.4. The van der Waals surface area contributed by atoms with Crippen molar-refractivity contribution in [3.05, 3.63) is 194 Å². The van der Waals surface area contributed by atoms with E-state index in [-0.39, 0.29) is 6.29 Å². The molecular weight excluding hydrogens is 647 g/mol. The van der Waals surface area contributed by atoms with E-state index in [9.17, 15) is 0 Å². The minimum Gasteiger partial charge on any atom is -0.309 e. The van der Waals surface area contributed by atoms with Gasteiger partial charge in [-0.25, -0.2) is 0 Å². The van der Waals surface area contributed by atoms with E-state index in [1.54, 1.807) is 0 Å². The predicted molar refractivity (Wildman–Crippen MR) is 218 cm³/mol. The lowest BCUT2D eigenvalue weighted by atomic mass is 9.93. The molecule has 0 saturated heterocycles. The van der Waals surface area contributed by atoms with Crippen LogP contribution in [0.5, 0.6) is 0 Å². The van der Waals surface area contributed by atoms with Gasteiger partial charge >= 0.3 is 0 Å². The van der Waals surface area contributed by atoms with E-state index in [4.69, 9.17) is 4.99 Å². The molecule has 0 spiro atoms. The SMILES string of the molecule is C1=CN2[NH2+]C(n3c4ccccc4c4cc(-c5ccc6c(c5)c5ccccc5n6-c5ccccc5)ccc43)N=C2C(c2ccccc2-c2ccccc2)=C1. The van der Waals surface area contributed by atoms with E-state index in [1.807, 2.05) is 0 Å². The summed E-state index contributed by atoms with van der Waals surface area (Å²) < 4.78 is 4.76. The third-order valence-electron chi connectivity index (χ3n) is 10.8. The Morgan fingerprint density at radius 2 is 1.04 bits per heavy atom. The molecule has 2 aliphatic rings. The molecule has 0 amide bonds. The van der Waals surface area contributed by atoms with Crippen molar-refractivity contribution >= 4 is 55.0 Å². The molecule has 5 nitrogen and oxygen atoms in total. The third-order valence-corrected chi connectivity index (χ3v) is 10.8. The second kappa shape index (κ2) is 11.8. The summed E-state index contributed by atoms with van der Waals surface area (Å²) in [7, 11) is 0. The average molecular weight is 681 g/mol. The smallest absolute Gasteiger partial charge is 0.289 e. The maximum absolute atomic E-state index is 5.44. The fourth-order valence-corrected chi connectivity index (χ4v) is 8.47. The number of rotatable bonds is 5. The van der Waals surface area contributed by atoms with Gasteiger partial charge in [-0.05, 0) is 88.5 Å². The molecule has 1 atom stereocenters. The van der Waals surface area contributed by atoms with Crippen LogP contribution in [-0.2, 0) is 0 Å². The molecule has 2 N–H and O–H groups in total. The highest BCUT2D eigenvalue weighted by Crippen LogP contribution is 2.39. The molecule has 53 heavy (non-hydrogen) atoms. The quantitative estimate of drug-likeness (QED) is 0.181. The van der Waals surface area contributed by atoms with Crippen molar-refractivity contribution in [2.75, 3.05) is 0 Å². The lowest BCUT2D eigenvalue weighted by Crippen LogP contribution is -2.91. The minimum absolute atomic E-state index is 0.200. The van der Waals surface area contributed by atoms with Gasteiger partial charge < -0.3 is 4.57 Å². The number of para-hydroxylation sites is 3. The molecule has 2 aliphatic heterocycles. The number of fused-ring (bicyclic) bond motifs is 7. The van der Waals surface area contributed by atoms with Crippen LogP contribution < -0.4 is 5.43 Å². The molecule has 5 heteroatoms. The first-order chi connectivity index (χ1) is 26.3. The monoisotopic (exact) mass is 680 g/mol. The zero-order valence-electron chi connectivity index (χ0n) is 28.8. The molecule has 4 heterocycles. The number of nitrogens with two attached hydrogens (primary N) is 1. The van der Waals surface area contributed by atoms with Crippen molar-refractivity contribution in [3.8, 4) is 27.9 Å². The molecule has 1 unspecified atom stereocenters. The van der Waals surface area contributed by atoms with Crippen molar-refractivity contribution in [1.29, 1.82) is 0 Å². The minimum atomic E-state index is -0.200. The molecule has 2 aromatic heterocycles. The highest BCUT2D eigenvalue weighted by Gasteiger charge is 2.35. The van der Waals surface area contributed by atoms with Crippen LogP contribution in [0, 0.1) is 0 Å². The van der Waals surface area contributed by atoms with Crippen LogP contribution in [-0.4, -0.2) is 20.0 Å². The lowest BCUT2D eigenvalue weighted by Gasteiger charge is -2.20. The van der Waals surface area contributed by atoms with Crippen LogP contribution in [0.2, 0.25) is 0 Å². The van der Waals surface area contributed by atoms with Gasteiger partial charge in [0.15, 0.2) is 5.84 Å². The molecule has 11 rings (SSSR count). The fraction of sp³-hybridized carbons (Fsp3) is 0.0208. The van der Waals surface area contributed by atoms with Crippen LogP contribution in [0.15, 0.2) is 193 Å². The Bertz CT molecular complexity index is 2980. The Hall–Kier alpha value is -6.95. The molecule has 9 aromatic rings. The Balaban J connectivity index is 1.02. The summed E-state index contributed by atoms with van der Waals surface area (Å²) in [5, 5.41) is 7.16. The van der Waals surface area contributed by atoms with E-state index in [2.05, 4.69) is 208 Å². The molecule has 250 valence electrons. The first kappa shape index (κ1) is 29.7. The van der Waals surface area contributed by atoms with Crippen LogP contribution >= 0.6 is 0 Å². The third kappa shape index (κ3) is 4.65. The van der Waals surface area contributed by atoms with Gasteiger partial charge in [0.2, 0.25) is 0 Å². The maximum Gasteiger partial charge on any atom is 0.289 e. The zero-order chi connectivity index (χ0) is 34.9. The van der Waals surface area contributed by atoms with Gasteiger partial charge in [0.1, 0.15) is 0 Å². The Kier molecular flexibility index (Phi) is 6.63. The second-order valence-electron chi connectivity index (χ2n) is 13.8. The maximum atomic E-state index is 5.44. The summed E-state index contributed by atoms with van der Waals surface area (Å²) >= 11 is 0. The molecule has 0 fully saturated rings. The largest absolute Gasteiger partial charge is 0.309 e. The number of nitrogens with zero attached hydrogens (tertiary/aromatic N) is 4. The highest BCUT2D eigenvalue weighted by atomic mass is 15.6. The molecular formula is C48H34N5+. The number of allylic oxidation sites excluding steroid dienone is 2. The first-order valence-electron chi connectivity index (χ1n) is 18.2. The van der Waals surface area contributed by atoms with E-state index in [1.165, 1.54) is 77.1 Å². The summed E-state index contributed by atoms with van der Waals surface area (Å²) in [5.41, 5.74) is 15.3. The number of aliphatic imine (C=N–C) groups is 1. The number of aromatic nitrogens is 2. The number of benzene rings is 7. The second-order valence-corrected chi connectivity index (χ2v) is 13.8. The van der Waals surface area contributed by atoms with E-state index >= 15 is 0 Å². The van der Waals surface area contributed by atoms with Crippen LogP contribution in [0.25, 0.3) is 77.1 Å². The molecule has 0 radical (unpaired) electrons. The predicted octanol–water partition coefficient (Wildman–Crippen LogP) is 10.5. The molecule has 0 aliphatic carbocycles. The summed E-state index contributed by atoms with van der Waals surface area (Å²) in [6.45, 7) is 0. The Morgan fingerprint density at radius 3 is 1.81 bits per heavy atom. The molecule has 0 saturated carbocycles. The van der Waals surface area contributed by atoms with Gasteiger partial charge in [-0.2, -0.15) is 15.4 Å². The van der Waals surface area contributed by atoms with Gasteiger partial charge in [-0.15, -0.1) is 0 Å². The number of hydrogen-bond acceptors (Lipinski definition) is 2. The van der Waals surface area contributed by atoms with Gasteiger partial charge in [0, 0.05) is 32.8 Å². The Morgan fingerprint density at radius 1 is 0.472 bits per heavy atom. The van der Waals surface area contributed by atoms with E-state index in [0.717, 1.165) is 11.4 Å². The van der Waals surface area contributed by atoms with Crippen molar-refractivity contribution < 1.29 is 5.43 Å². The lowest BCUT2D eigenvalue weighted by molar-refractivity contribution is -0.806. The first-order valence-corrected chi connectivity index (χ1v) is 18.2. The summed E-state index contributed by atoms with van der Waals surface area (Å²) in [6.07, 6.45) is 6.24. The van der Waals surface area contributed by atoms with Crippen LogP contribution in [0.1, 0.15) is 11.9 Å². The zero-order valence-corrected chi connectivity index (χ0v) is 28.8. The van der Waals surface area contributed by atoms with Crippen molar-refractivity contribution in [1.82, 2.24) is 14.1 Å². The number of amidine groups is 1. The standard InChI is InChI=1S/C48H33N5/c1-3-14-32(15-4-1)36-18-7-8-19-37(36)40-22-13-29-51-47(40)49-48(50-51)53-44-24-12-10-21-39(44)42-31-34(26-28-46(42)53)33-25-27-45-41(30-33)38-20-9-11-23-43(38)52(45)35-16-5-2-6-17-35/h1-31,48,50H/p+1. The summed E-state index contributed by atoms with van der Waals surface area (Å²) in [5.74, 6) is 0.964. The van der Waals surface area contributed by atoms with Gasteiger partial charge in [-0.1, -0.05) is 121 Å². The van der Waals surface area contributed by atoms with Crippen molar-refractivity contribution in [3.63, 3.8) is 0 Å². The summed E-state index contributed by atoms with van der Waals surface area (Å²) in [6, 6.07) is 61.2. The van der Waals surface area contributed by atoms with E-state index < -0.39 is 0 Å². The van der Waals surface area contributed by atoms with Gasteiger partial charge in [-0.3, -0.25) is 4.57 Å². The average Bonchev–Trinajstić information content (AvgIpc) is 3.91. The fourth-order valence-electron chi connectivity index (χ4n) is 8.47. The van der Waals surface area contributed by atoms with Crippen LogP contribution in [0.4, 0.5) is 0 Å². The summed E-state index contributed by atoms with van der Waals surface area (Å²) in [4.78, 5) is 5.44. The number of quaternary nitrogens is 1. The Labute approximate surface area is 306 Å². The number of hydrogen-bond donors (Lipinski definition) is 1. The molecule has 7 aromatic carbocycles. The van der Waals surface area contributed by atoms with E-state index in [0.29, 0.717) is 0 Å². The van der Waals surface area contributed by atoms with Crippen molar-refractivity contribution in [2.24, 2.45) is 4.99 Å².